The highest BCUT2D eigenvalue weighted by molar-refractivity contribution is 7.99. The number of carboxylic acids is 4. The van der Waals surface area contributed by atoms with Crippen LogP contribution in [-0.4, -0.2) is 101 Å². The van der Waals surface area contributed by atoms with Crippen LogP contribution in [0.2, 0.25) is 0 Å². The summed E-state index contributed by atoms with van der Waals surface area (Å²) < 4.78 is 5.37. The molecule has 2 aromatic rings. The Labute approximate surface area is 252 Å². The molecule has 0 unspecified atom stereocenters. The van der Waals surface area contributed by atoms with Gasteiger partial charge in [-0.1, -0.05) is 36.0 Å². The summed E-state index contributed by atoms with van der Waals surface area (Å²) in [4.78, 5) is 57.7. The Morgan fingerprint density at radius 3 is 1.63 bits per heavy atom. The average molecular weight is 616 g/mol. The smallest absolute Gasteiger partial charge is 0.328 e. The number of benzene rings is 2. The van der Waals surface area contributed by atoms with Crippen molar-refractivity contribution in [1.29, 1.82) is 0 Å². The highest BCUT2D eigenvalue weighted by atomic mass is 32.2. The molecule has 230 valence electrons. The number of hydrogen-bond acceptors (Lipinski definition) is 9. The van der Waals surface area contributed by atoms with Crippen LogP contribution < -0.4 is 10.2 Å². The zero-order valence-electron chi connectivity index (χ0n) is 23.1. The van der Waals surface area contributed by atoms with Gasteiger partial charge in [-0.25, -0.2) is 19.2 Å². The summed E-state index contributed by atoms with van der Waals surface area (Å²) >= 11 is 1.72. The van der Waals surface area contributed by atoms with Crippen molar-refractivity contribution in [2.45, 2.75) is 16.2 Å². The first-order valence-corrected chi connectivity index (χ1v) is 13.9. The molecule has 1 fully saturated rings. The van der Waals surface area contributed by atoms with E-state index in [-0.39, 0.29) is 5.91 Å². The van der Waals surface area contributed by atoms with Gasteiger partial charge in [0.15, 0.2) is 0 Å². The zero-order chi connectivity index (χ0) is 31.6. The zero-order valence-corrected chi connectivity index (χ0v) is 23.9. The minimum Gasteiger partial charge on any atom is -0.478 e. The van der Waals surface area contributed by atoms with Crippen LogP contribution in [0.1, 0.15) is 6.42 Å². The second-order valence-electron chi connectivity index (χ2n) is 8.77. The Balaban J connectivity index is 0.000000334. The first-order valence-electron chi connectivity index (χ1n) is 13.1. The number of aliphatic carboxylic acids is 4. The number of nitrogens with zero attached hydrogens (tertiary/aromatic N) is 2. The molecule has 43 heavy (non-hydrogen) atoms. The van der Waals surface area contributed by atoms with Gasteiger partial charge in [-0.15, -0.1) is 0 Å². The molecule has 0 atom stereocenters. The topological polar surface area (TPSA) is 194 Å². The normalized spacial score (nSPS) is 14.0. The van der Waals surface area contributed by atoms with Crippen molar-refractivity contribution in [2.75, 3.05) is 50.8 Å². The Kier molecular flexibility index (Phi) is 15.2. The van der Waals surface area contributed by atoms with Gasteiger partial charge in [0, 0.05) is 47.2 Å². The Morgan fingerprint density at radius 1 is 0.744 bits per heavy atom. The van der Waals surface area contributed by atoms with Gasteiger partial charge in [0.25, 0.3) is 0 Å². The predicted octanol–water partition coefficient (Wildman–Crippen LogP) is 2.55. The molecular weight excluding hydrogens is 582 g/mol. The van der Waals surface area contributed by atoms with Gasteiger partial charge in [-0.3, -0.25) is 14.6 Å². The number of amides is 1. The lowest BCUT2D eigenvalue weighted by Gasteiger charge is -2.31. The molecule has 0 saturated carbocycles. The molecule has 0 aliphatic carbocycles. The quantitative estimate of drug-likeness (QED) is 0.194. The van der Waals surface area contributed by atoms with E-state index in [2.05, 4.69) is 22.3 Å². The van der Waals surface area contributed by atoms with Crippen molar-refractivity contribution in [1.82, 2.24) is 10.2 Å². The van der Waals surface area contributed by atoms with E-state index in [0.29, 0.717) is 30.8 Å². The van der Waals surface area contributed by atoms with Gasteiger partial charge < -0.3 is 30.5 Å². The standard InChI is InChI=1S/C21H25N3O2S.2C4H4O4/c25-21(16-22-10-5-11-23-12-14-26-15-13-23)24-17-6-1-3-8-19(17)27-20-9-4-2-7-18(20)24;2*5-3(6)1-2-4(7)8/h1-4,6-9,22H,5,10-16H2;2*1-2H,(H,5,6)(H,7,8). The van der Waals surface area contributed by atoms with E-state index >= 15 is 0 Å². The van der Waals surface area contributed by atoms with Crippen molar-refractivity contribution >= 4 is 52.9 Å². The van der Waals surface area contributed by atoms with Gasteiger partial charge in [0.1, 0.15) is 0 Å². The van der Waals surface area contributed by atoms with Gasteiger partial charge in [-0.2, -0.15) is 0 Å². The third kappa shape index (κ3) is 13.3. The van der Waals surface area contributed by atoms with E-state index in [0.717, 1.165) is 67.0 Å². The molecule has 0 bridgehead atoms. The maximum Gasteiger partial charge on any atom is 0.328 e. The molecule has 14 heteroatoms. The van der Waals surface area contributed by atoms with Crippen LogP contribution in [0.4, 0.5) is 11.4 Å². The van der Waals surface area contributed by atoms with E-state index < -0.39 is 23.9 Å². The van der Waals surface area contributed by atoms with Crippen LogP contribution in [0.15, 0.2) is 82.6 Å². The van der Waals surface area contributed by atoms with E-state index in [4.69, 9.17) is 25.2 Å². The van der Waals surface area contributed by atoms with E-state index in [1.165, 1.54) is 0 Å². The SMILES string of the molecule is O=C(CNCCCN1CCOCC1)N1c2ccccc2Sc2ccccc21.O=C(O)C=CC(=O)O.O=C(O)C=CC(=O)O. The Bertz CT molecular complexity index is 1210. The molecule has 1 saturated heterocycles. The summed E-state index contributed by atoms with van der Waals surface area (Å²) in [7, 11) is 0. The summed E-state index contributed by atoms with van der Waals surface area (Å²) in [6.07, 6.45) is 3.27. The fourth-order valence-electron chi connectivity index (χ4n) is 3.79. The minimum atomic E-state index is -1.26. The average Bonchev–Trinajstić information content (AvgIpc) is 2.98. The van der Waals surface area contributed by atoms with Crippen LogP contribution in [0.5, 0.6) is 0 Å². The fourth-order valence-corrected chi connectivity index (χ4v) is 4.84. The predicted molar refractivity (Wildman–Crippen MR) is 158 cm³/mol. The van der Waals surface area contributed by atoms with Crippen molar-refractivity contribution in [2.24, 2.45) is 0 Å². The van der Waals surface area contributed by atoms with Crippen LogP contribution in [-0.2, 0) is 28.7 Å². The molecule has 0 aromatic heterocycles. The molecule has 4 rings (SSSR count). The lowest BCUT2D eigenvalue weighted by molar-refractivity contribution is -0.134. The lowest BCUT2D eigenvalue weighted by Crippen LogP contribution is -2.39. The number of nitrogens with one attached hydrogen (secondary N) is 1. The van der Waals surface area contributed by atoms with Crippen molar-refractivity contribution in [3.8, 4) is 0 Å². The van der Waals surface area contributed by atoms with E-state index in [1.54, 1.807) is 11.8 Å². The second kappa shape index (κ2) is 18.8. The van der Waals surface area contributed by atoms with Crippen LogP contribution in [0, 0.1) is 0 Å². The second-order valence-corrected chi connectivity index (χ2v) is 9.85. The third-order valence-corrected chi connectivity index (χ3v) is 6.76. The molecule has 2 aliphatic rings. The highest BCUT2D eigenvalue weighted by Gasteiger charge is 2.27. The van der Waals surface area contributed by atoms with E-state index in [9.17, 15) is 24.0 Å². The van der Waals surface area contributed by atoms with Crippen LogP contribution in [0.3, 0.4) is 0 Å². The highest BCUT2D eigenvalue weighted by Crippen LogP contribution is 2.47. The number of hydrogen-bond donors (Lipinski definition) is 5. The monoisotopic (exact) mass is 615 g/mol. The maximum absolute atomic E-state index is 13.0. The number of ether oxygens (including phenoxy) is 1. The minimum absolute atomic E-state index is 0.0848. The Hall–Kier alpha value is -4.50. The van der Waals surface area contributed by atoms with Gasteiger partial charge >= 0.3 is 23.9 Å². The molecule has 13 nitrogen and oxygen atoms in total. The maximum atomic E-state index is 13.0. The fraction of sp³-hybridized carbons (Fsp3) is 0.276. The molecule has 0 radical (unpaired) electrons. The molecule has 0 spiro atoms. The van der Waals surface area contributed by atoms with Crippen LogP contribution >= 0.6 is 11.8 Å². The third-order valence-electron chi connectivity index (χ3n) is 5.63. The van der Waals surface area contributed by atoms with Gasteiger partial charge in [-0.05, 0) is 43.8 Å². The van der Waals surface area contributed by atoms with Crippen molar-refractivity contribution in [3.05, 3.63) is 72.8 Å². The summed E-state index contributed by atoms with van der Waals surface area (Å²) in [5, 5.41) is 34.6. The molecule has 2 aliphatic heterocycles. The molecular formula is C29H33N3O10S. The summed E-state index contributed by atoms with van der Waals surface area (Å²) in [6, 6.07) is 16.2. The molecule has 5 N–H and O–H groups in total. The largest absolute Gasteiger partial charge is 0.478 e. The first-order chi connectivity index (χ1) is 20.6. The molecule has 2 heterocycles. The van der Waals surface area contributed by atoms with Gasteiger partial charge in [0.2, 0.25) is 5.91 Å². The number of anilines is 2. The number of morpholine rings is 1. The number of carbonyl (C=O) groups excluding carboxylic acids is 1. The lowest BCUT2D eigenvalue weighted by atomic mass is 10.2. The van der Waals surface area contributed by atoms with Gasteiger partial charge in [0.05, 0.1) is 31.1 Å². The number of para-hydroxylation sites is 2. The Morgan fingerprint density at radius 2 is 1.19 bits per heavy atom. The summed E-state index contributed by atoms with van der Waals surface area (Å²) in [5.74, 6) is -4.94. The number of carbonyl (C=O) groups is 5. The first kappa shape index (κ1) is 34.7. The van der Waals surface area contributed by atoms with E-state index in [1.807, 2.05) is 41.3 Å². The number of carboxylic acid groups (broad SMARTS) is 4. The summed E-state index contributed by atoms with van der Waals surface area (Å²) in [5.41, 5.74) is 1.95. The molecule has 2 aromatic carbocycles. The van der Waals surface area contributed by atoms with Crippen molar-refractivity contribution < 1.29 is 49.1 Å². The summed E-state index contributed by atoms with van der Waals surface area (Å²) in [6.45, 7) is 5.92. The molecule has 1 amide bonds. The number of rotatable bonds is 10. The number of fused-ring (bicyclic) bond motifs is 2. The van der Waals surface area contributed by atoms with Crippen LogP contribution in [0.25, 0.3) is 0 Å². The van der Waals surface area contributed by atoms with Crippen molar-refractivity contribution in [3.63, 3.8) is 0 Å².